The first-order valence-corrected chi connectivity index (χ1v) is 13.2. The van der Waals surface area contributed by atoms with Crippen molar-refractivity contribution in [2.45, 2.75) is 44.7 Å². The van der Waals surface area contributed by atoms with E-state index in [2.05, 4.69) is 9.69 Å². The van der Waals surface area contributed by atoms with Gasteiger partial charge in [-0.2, -0.15) is 4.37 Å². The standard InChI is InChI=1S/C27H31N5O5S/c1-3-37-20-14-10-18(11-15-20)32(27(35)24-21(28)22(25(29)33)31-38-24)23(16-8-12-19(36-2)13-9-16)26(34)30-17-6-4-5-7-17/h8-15,17,23H,3-7,28H2,1-2H3,(H2,29,33)(H,30,34)/t23-/m1/s1. The third kappa shape index (κ3) is 5.72. The van der Waals surface area contributed by atoms with Crippen LogP contribution in [0.25, 0.3) is 0 Å². The zero-order valence-corrected chi connectivity index (χ0v) is 22.1. The molecule has 1 aliphatic rings. The lowest BCUT2D eigenvalue weighted by Gasteiger charge is -2.32. The van der Waals surface area contributed by atoms with E-state index in [0.717, 1.165) is 37.2 Å². The van der Waals surface area contributed by atoms with E-state index in [1.165, 1.54) is 4.90 Å². The summed E-state index contributed by atoms with van der Waals surface area (Å²) < 4.78 is 14.9. The zero-order chi connectivity index (χ0) is 27.2. The Morgan fingerprint density at radius 2 is 1.71 bits per heavy atom. The lowest BCUT2D eigenvalue weighted by molar-refractivity contribution is -0.123. The minimum absolute atomic E-state index is 0.0138. The van der Waals surface area contributed by atoms with E-state index >= 15 is 0 Å². The van der Waals surface area contributed by atoms with Gasteiger partial charge < -0.3 is 26.3 Å². The first-order chi connectivity index (χ1) is 18.3. The predicted octanol–water partition coefficient (Wildman–Crippen LogP) is 3.68. The molecule has 0 radical (unpaired) electrons. The SMILES string of the molecule is CCOc1ccc(N(C(=O)c2snc(C(N)=O)c2N)[C@@H](C(=O)NC2CCCC2)c2ccc(OC)cc2)cc1. The molecule has 1 aliphatic carbocycles. The third-order valence-corrected chi connectivity index (χ3v) is 7.29. The number of primary amides is 1. The second kappa shape index (κ2) is 12.0. The number of aromatic nitrogens is 1. The largest absolute Gasteiger partial charge is 0.497 e. The minimum Gasteiger partial charge on any atom is -0.497 e. The summed E-state index contributed by atoms with van der Waals surface area (Å²) in [7, 11) is 1.55. The van der Waals surface area contributed by atoms with Gasteiger partial charge in [-0.25, -0.2) is 0 Å². The number of carbonyl (C=O) groups excluding carboxylic acids is 3. The van der Waals surface area contributed by atoms with Gasteiger partial charge in [0.25, 0.3) is 11.8 Å². The van der Waals surface area contributed by atoms with Crippen molar-refractivity contribution in [1.29, 1.82) is 0 Å². The molecule has 200 valence electrons. The molecule has 1 saturated carbocycles. The van der Waals surface area contributed by atoms with Crippen LogP contribution in [0.4, 0.5) is 11.4 Å². The molecule has 3 aromatic rings. The molecule has 1 heterocycles. The molecule has 4 rings (SSSR count). The molecule has 10 nitrogen and oxygen atoms in total. The van der Waals surface area contributed by atoms with Crippen LogP contribution in [0.2, 0.25) is 0 Å². The average Bonchev–Trinajstić information content (AvgIpc) is 3.57. The molecule has 3 amide bonds. The van der Waals surface area contributed by atoms with Gasteiger partial charge in [-0.3, -0.25) is 19.3 Å². The molecule has 0 unspecified atom stereocenters. The Balaban J connectivity index is 1.84. The van der Waals surface area contributed by atoms with Gasteiger partial charge in [0.2, 0.25) is 5.91 Å². The number of anilines is 2. The predicted molar refractivity (Wildman–Crippen MR) is 146 cm³/mol. The highest BCUT2D eigenvalue weighted by Crippen LogP contribution is 2.35. The Bertz CT molecular complexity index is 1290. The van der Waals surface area contributed by atoms with Crippen molar-refractivity contribution < 1.29 is 23.9 Å². The van der Waals surface area contributed by atoms with Crippen LogP contribution in [-0.2, 0) is 4.79 Å². The van der Waals surface area contributed by atoms with Crippen molar-refractivity contribution in [2.24, 2.45) is 5.73 Å². The Morgan fingerprint density at radius 3 is 2.26 bits per heavy atom. The maximum Gasteiger partial charge on any atom is 0.273 e. The summed E-state index contributed by atoms with van der Waals surface area (Å²) in [5, 5.41) is 3.13. The highest BCUT2D eigenvalue weighted by atomic mass is 32.1. The fourth-order valence-electron chi connectivity index (χ4n) is 4.55. The van der Waals surface area contributed by atoms with Crippen LogP contribution < -0.4 is 31.2 Å². The quantitative estimate of drug-likeness (QED) is 0.357. The molecule has 0 saturated heterocycles. The van der Waals surface area contributed by atoms with Crippen LogP contribution in [0, 0.1) is 0 Å². The molecule has 11 heteroatoms. The number of benzene rings is 2. The van der Waals surface area contributed by atoms with Crippen molar-refractivity contribution in [3.63, 3.8) is 0 Å². The average molecular weight is 538 g/mol. The zero-order valence-electron chi connectivity index (χ0n) is 21.3. The van der Waals surface area contributed by atoms with Crippen molar-refractivity contribution >= 4 is 40.6 Å². The maximum absolute atomic E-state index is 14.1. The van der Waals surface area contributed by atoms with Crippen LogP contribution in [-0.4, -0.2) is 41.9 Å². The van der Waals surface area contributed by atoms with Crippen LogP contribution in [0.15, 0.2) is 48.5 Å². The van der Waals surface area contributed by atoms with Crippen molar-refractivity contribution in [3.8, 4) is 11.5 Å². The molecular formula is C27H31N5O5S. The highest BCUT2D eigenvalue weighted by Gasteiger charge is 2.37. The number of hydrogen-bond acceptors (Lipinski definition) is 8. The number of ether oxygens (including phenoxy) is 2. The van der Waals surface area contributed by atoms with E-state index in [1.54, 1.807) is 55.6 Å². The Kier molecular flexibility index (Phi) is 8.47. The molecule has 2 aromatic carbocycles. The minimum atomic E-state index is -1.05. The second-order valence-corrected chi connectivity index (χ2v) is 9.68. The Labute approximate surface area is 225 Å². The van der Waals surface area contributed by atoms with Crippen LogP contribution in [0.5, 0.6) is 11.5 Å². The number of rotatable bonds is 10. The Hall–Kier alpha value is -4.12. The summed E-state index contributed by atoms with van der Waals surface area (Å²) >= 11 is 0.767. The first kappa shape index (κ1) is 26.9. The molecule has 0 aliphatic heterocycles. The molecular weight excluding hydrogens is 506 g/mol. The van der Waals surface area contributed by atoms with E-state index < -0.39 is 17.9 Å². The van der Waals surface area contributed by atoms with Gasteiger partial charge in [0.1, 0.15) is 22.4 Å². The number of hydrogen-bond donors (Lipinski definition) is 3. The molecule has 38 heavy (non-hydrogen) atoms. The first-order valence-electron chi connectivity index (χ1n) is 12.4. The van der Waals surface area contributed by atoms with E-state index in [9.17, 15) is 14.4 Å². The number of nitrogens with one attached hydrogen (secondary N) is 1. The van der Waals surface area contributed by atoms with Crippen molar-refractivity contribution in [3.05, 3.63) is 64.7 Å². The number of nitrogens with zero attached hydrogens (tertiary/aromatic N) is 2. The van der Waals surface area contributed by atoms with Gasteiger partial charge in [0.15, 0.2) is 5.69 Å². The lowest BCUT2D eigenvalue weighted by Crippen LogP contribution is -2.46. The normalized spacial score (nSPS) is 14.1. The van der Waals surface area contributed by atoms with E-state index in [4.69, 9.17) is 20.9 Å². The molecule has 1 atom stereocenters. The fraction of sp³-hybridized carbons (Fsp3) is 0.333. The monoisotopic (exact) mass is 537 g/mol. The lowest BCUT2D eigenvalue weighted by atomic mass is 10.0. The maximum atomic E-state index is 14.1. The second-order valence-electron chi connectivity index (χ2n) is 8.91. The fourth-order valence-corrected chi connectivity index (χ4v) is 5.29. The van der Waals surface area contributed by atoms with Gasteiger partial charge in [0.05, 0.1) is 19.4 Å². The van der Waals surface area contributed by atoms with E-state index in [-0.39, 0.29) is 28.2 Å². The molecule has 1 fully saturated rings. The summed E-state index contributed by atoms with van der Waals surface area (Å²) in [5.74, 6) is -0.522. The van der Waals surface area contributed by atoms with Gasteiger partial charge in [-0.05, 0) is 73.3 Å². The van der Waals surface area contributed by atoms with Crippen molar-refractivity contribution in [2.75, 3.05) is 24.4 Å². The summed E-state index contributed by atoms with van der Waals surface area (Å²) in [6, 6.07) is 12.8. The van der Waals surface area contributed by atoms with Crippen LogP contribution in [0.1, 0.15) is 64.4 Å². The van der Waals surface area contributed by atoms with E-state index in [0.29, 0.717) is 29.4 Å². The number of methoxy groups -OCH3 is 1. The van der Waals surface area contributed by atoms with Crippen LogP contribution in [0.3, 0.4) is 0 Å². The summed E-state index contributed by atoms with van der Waals surface area (Å²) in [6.07, 6.45) is 3.82. The topological polar surface area (TPSA) is 150 Å². The van der Waals surface area contributed by atoms with Gasteiger partial charge in [0, 0.05) is 11.7 Å². The highest BCUT2D eigenvalue weighted by molar-refractivity contribution is 7.09. The number of amides is 3. The summed E-state index contributed by atoms with van der Waals surface area (Å²) in [6.45, 7) is 2.35. The number of nitrogens with two attached hydrogens (primary N) is 2. The van der Waals surface area contributed by atoms with Gasteiger partial charge in [-0.15, -0.1) is 0 Å². The number of nitrogen functional groups attached to an aromatic ring is 1. The Morgan fingerprint density at radius 1 is 1.08 bits per heavy atom. The van der Waals surface area contributed by atoms with Gasteiger partial charge >= 0.3 is 0 Å². The number of carbonyl (C=O) groups is 3. The van der Waals surface area contributed by atoms with Gasteiger partial charge in [-0.1, -0.05) is 25.0 Å². The summed E-state index contributed by atoms with van der Waals surface area (Å²) in [5.41, 5.74) is 12.2. The third-order valence-electron chi connectivity index (χ3n) is 6.44. The molecule has 5 N–H and O–H groups in total. The summed E-state index contributed by atoms with van der Waals surface area (Å²) in [4.78, 5) is 41.2. The molecule has 0 bridgehead atoms. The van der Waals surface area contributed by atoms with Crippen LogP contribution >= 0.6 is 11.5 Å². The van der Waals surface area contributed by atoms with E-state index in [1.807, 2.05) is 6.92 Å². The molecule has 1 aromatic heterocycles. The molecule has 0 spiro atoms. The van der Waals surface area contributed by atoms with Crippen molar-refractivity contribution in [1.82, 2.24) is 9.69 Å². The smallest absolute Gasteiger partial charge is 0.273 e.